The Balaban J connectivity index is 1.60. The number of thiophene rings is 1. The first kappa shape index (κ1) is 17.3. The van der Waals surface area contributed by atoms with Gasteiger partial charge in [-0.15, -0.1) is 11.3 Å². The van der Waals surface area contributed by atoms with Crippen molar-refractivity contribution in [2.24, 2.45) is 0 Å². The third-order valence-corrected chi connectivity index (χ3v) is 6.85. The largest absolute Gasteiger partial charge is 0.349 e. The predicted molar refractivity (Wildman–Crippen MR) is 92.8 cm³/mol. The summed E-state index contributed by atoms with van der Waals surface area (Å²) in [6, 6.07) is 6.49. The standard InChI is InChI=1S/C15H16ClN3O3S2/c16-14-4-3-12(10-17-14)24(21,22)19-7-5-11(6-8-19)18-15(20)13-2-1-9-23-13/h1-4,9-11H,5-8H2,(H,18,20). The summed E-state index contributed by atoms with van der Waals surface area (Å²) in [7, 11) is -3.57. The van der Waals surface area contributed by atoms with Crippen LogP contribution >= 0.6 is 22.9 Å². The summed E-state index contributed by atoms with van der Waals surface area (Å²) in [4.78, 5) is 16.7. The van der Waals surface area contributed by atoms with Crippen molar-refractivity contribution < 1.29 is 13.2 Å². The van der Waals surface area contributed by atoms with E-state index in [2.05, 4.69) is 10.3 Å². The number of halogens is 1. The molecule has 2 aromatic rings. The van der Waals surface area contributed by atoms with Gasteiger partial charge in [-0.25, -0.2) is 13.4 Å². The number of aromatic nitrogens is 1. The molecule has 1 saturated heterocycles. The van der Waals surface area contributed by atoms with Crippen molar-refractivity contribution in [2.75, 3.05) is 13.1 Å². The van der Waals surface area contributed by atoms with Gasteiger partial charge in [0.2, 0.25) is 10.0 Å². The number of nitrogens with one attached hydrogen (secondary N) is 1. The third-order valence-electron chi connectivity index (χ3n) is 3.87. The second kappa shape index (κ2) is 7.18. The van der Waals surface area contributed by atoms with Crippen LogP contribution in [0, 0.1) is 0 Å². The molecule has 1 aliphatic heterocycles. The fraction of sp³-hybridized carbons (Fsp3) is 0.333. The Morgan fingerprint density at radius 3 is 2.62 bits per heavy atom. The van der Waals surface area contributed by atoms with Crippen LogP contribution in [0.15, 0.2) is 40.7 Å². The van der Waals surface area contributed by atoms with E-state index in [4.69, 9.17) is 11.6 Å². The lowest BCUT2D eigenvalue weighted by Gasteiger charge is -2.31. The Morgan fingerprint density at radius 2 is 2.04 bits per heavy atom. The zero-order chi connectivity index (χ0) is 17.2. The molecule has 0 radical (unpaired) electrons. The van der Waals surface area contributed by atoms with Gasteiger partial charge in [-0.1, -0.05) is 17.7 Å². The summed E-state index contributed by atoms with van der Waals surface area (Å²) in [5, 5.41) is 5.07. The highest BCUT2D eigenvalue weighted by Gasteiger charge is 2.30. The highest BCUT2D eigenvalue weighted by molar-refractivity contribution is 7.89. The molecule has 0 aromatic carbocycles. The first-order valence-electron chi connectivity index (χ1n) is 7.43. The third kappa shape index (κ3) is 3.77. The molecule has 6 nitrogen and oxygen atoms in total. The number of carbonyl (C=O) groups excluding carboxylic acids is 1. The van der Waals surface area contributed by atoms with Gasteiger partial charge >= 0.3 is 0 Å². The number of rotatable bonds is 4. The highest BCUT2D eigenvalue weighted by Crippen LogP contribution is 2.21. The van der Waals surface area contributed by atoms with Crippen molar-refractivity contribution in [3.8, 4) is 0 Å². The topological polar surface area (TPSA) is 79.4 Å². The van der Waals surface area contributed by atoms with E-state index in [0.29, 0.717) is 30.8 Å². The lowest BCUT2D eigenvalue weighted by atomic mass is 10.1. The van der Waals surface area contributed by atoms with Crippen LogP contribution in [0.25, 0.3) is 0 Å². The molecule has 0 atom stereocenters. The Kier molecular flexibility index (Phi) is 5.19. The summed E-state index contributed by atoms with van der Waals surface area (Å²) >= 11 is 7.09. The summed E-state index contributed by atoms with van der Waals surface area (Å²) in [5.74, 6) is -0.104. The van der Waals surface area contributed by atoms with Gasteiger partial charge < -0.3 is 5.32 Å². The zero-order valence-corrected chi connectivity index (χ0v) is 15.1. The summed E-state index contributed by atoms with van der Waals surface area (Å²) in [5.41, 5.74) is 0. The molecule has 0 aliphatic carbocycles. The van der Waals surface area contributed by atoms with E-state index in [-0.39, 0.29) is 22.0 Å². The monoisotopic (exact) mass is 385 g/mol. The van der Waals surface area contributed by atoms with Gasteiger partial charge in [-0.05, 0) is 36.4 Å². The smallest absolute Gasteiger partial charge is 0.261 e. The van der Waals surface area contributed by atoms with Crippen LogP contribution in [0.2, 0.25) is 5.15 Å². The Hall–Kier alpha value is -1.48. The Morgan fingerprint density at radius 1 is 1.29 bits per heavy atom. The minimum atomic E-state index is -3.57. The molecule has 9 heteroatoms. The van der Waals surface area contributed by atoms with Crippen molar-refractivity contribution >= 4 is 38.9 Å². The van der Waals surface area contributed by atoms with Gasteiger partial charge in [0.05, 0.1) is 4.88 Å². The molecule has 3 heterocycles. The van der Waals surface area contributed by atoms with Gasteiger partial charge in [0, 0.05) is 25.3 Å². The van der Waals surface area contributed by atoms with E-state index in [9.17, 15) is 13.2 Å². The fourth-order valence-electron chi connectivity index (χ4n) is 2.57. The molecule has 0 bridgehead atoms. The van der Waals surface area contributed by atoms with Crippen LogP contribution < -0.4 is 5.32 Å². The fourth-order valence-corrected chi connectivity index (χ4v) is 4.72. The SMILES string of the molecule is O=C(NC1CCN(S(=O)(=O)c2ccc(Cl)nc2)CC1)c1cccs1. The van der Waals surface area contributed by atoms with E-state index < -0.39 is 10.0 Å². The van der Waals surface area contributed by atoms with Gasteiger partial charge in [-0.2, -0.15) is 4.31 Å². The van der Waals surface area contributed by atoms with E-state index in [1.807, 2.05) is 11.4 Å². The van der Waals surface area contributed by atoms with E-state index in [0.717, 1.165) is 0 Å². The molecule has 1 amide bonds. The number of pyridine rings is 1. The lowest BCUT2D eigenvalue weighted by molar-refractivity contribution is 0.0928. The summed E-state index contributed by atoms with van der Waals surface area (Å²) in [6.45, 7) is 0.723. The predicted octanol–water partition coefficient (Wildman–Crippen LogP) is 2.38. The lowest BCUT2D eigenvalue weighted by Crippen LogP contribution is -2.46. The molecule has 1 fully saturated rings. The number of sulfonamides is 1. The van der Waals surface area contributed by atoms with Gasteiger partial charge in [0.25, 0.3) is 5.91 Å². The van der Waals surface area contributed by atoms with Crippen LogP contribution in [-0.4, -0.2) is 42.7 Å². The average molecular weight is 386 g/mol. The molecule has 24 heavy (non-hydrogen) atoms. The maximum atomic E-state index is 12.6. The van der Waals surface area contributed by atoms with Crippen LogP contribution in [-0.2, 0) is 10.0 Å². The molecular formula is C15H16ClN3O3S2. The van der Waals surface area contributed by atoms with Crippen LogP contribution in [0.5, 0.6) is 0 Å². The minimum Gasteiger partial charge on any atom is -0.349 e. The van der Waals surface area contributed by atoms with Crippen LogP contribution in [0.1, 0.15) is 22.5 Å². The summed E-state index contributed by atoms with van der Waals surface area (Å²) in [6.07, 6.45) is 2.43. The number of hydrogen-bond donors (Lipinski definition) is 1. The number of amides is 1. The first-order chi connectivity index (χ1) is 11.5. The maximum absolute atomic E-state index is 12.6. The minimum absolute atomic E-state index is 0.0191. The Bertz CT molecular complexity index is 799. The van der Waals surface area contributed by atoms with Gasteiger partial charge in [0.15, 0.2) is 0 Å². The molecule has 2 aromatic heterocycles. The van der Waals surface area contributed by atoms with E-state index in [1.54, 1.807) is 6.07 Å². The van der Waals surface area contributed by atoms with Crippen molar-refractivity contribution in [3.05, 3.63) is 45.9 Å². The molecular weight excluding hydrogens is 370 g/mol. The van der Waals surface area contributed by atoms with Crippen LogP contribution in [0.4, 0.5) is 0 Å². The van der Waals surface area contributed by atoms with Crippen molar-refractivity contribution in [2.45, 2.75) is 23.8 Å². The number of nitrogens with zero attached hydrogens (tertiary/aromatic N) is 2. The molecule has 0 spiro atoms. The van der Waals surface area contributed by atoms with E-state index >= 15 is 0 Å². The normalized spacial score (nSPS) is 16.9. The van der Waals surface area contributed by atoms with Crippen molar-refractivity contribution in [1.29, 1.82) is 0 Å². The molecule has 1 N–H and O–H groups in total. The molecule has 1 aliphatic rings. The zero-order valence-electron chi connectivity index (χ0n) is 12.7. The first-order valence-corrected chi connectivity index (χ1v) is 10.1. The number of piperidine rings is 1. The van der Waals surface area contributed by atoms with Crippen molar-refractivity contribution in [1.82, 2.24) is 14.6 Å². The molecule has 128 valence electrons. The van der Waals surface area contributed by atoms with E-state index in [1.165, 1.54) is 34.0 Å². The maximum Gasteiger partial charge on any atom is 0.261 e. The average Bonchev–Trinajstić information content (AvgIpc) is 3.10. The molecule has 0 saturated carbocycles. The number of hydrogen-bond acceptors (Lipinski definition) is 5. The van der Waals surface area contributed by atoms with Gasteiger partial charge in [0.1, 0.15) is 10.0 Å². The molecule has 0 unspecified atom stereocenters. The van der Waals surface area contributed by atoms with Gasteiger partial charge in [-0.3, -0.25) is 4.79 Å². The van der Waals surface area contributed by atoms with Crippen LogP contribution in [0.3, 0.4) is 0 Å². The van der Waals surface area contributed by atoms with Crippen molar-refractivity contribution in [3.63, 3.8) is 0 Å². The summed E-state index contributed by atoms with van der Waals surface area (Å²) < 4.78 is 26.6. The highest BCUT2D eigenvalue weighted by atomic mass is 35.5. The number of carbonyl (C=O) groups is 1. The second-order valence-electron chi connectivity index (χ2n) is 5.45. The second-order valence-corrected chi connectivity index (χ2v) is 8.72. The quantitative estimate of drug-likeness (QED) is 0.819. The molecule has 3 rings (SSSR count). The Labute approximate surface area is 149 Å².